The molecule has 0 saturated carbocycles. The second-order valence-corrected chi connectivity index (χ2v) is 14.2. The molecule has 3 nitrogen and oxygen atoms in total. The third kappa shape index (κ3) is 3.71. The first kappa shape index (κ1) is 27.7. The summed E-state index contributed by atoms with van der Waals surface area (Å²) in [4.78, 5) is 15.2. The van der Waals surface area contributed by atoms with E-state index in [-0.39, 0.29) is 0 Å². The molecule has 50 heavy (non-hydrogen) atoms. The van der Waals surface area contributed by atoms with E-state index < -0.39 is 5.41 Å². The highest BCUT2D eigenvalue weighted by Gasteiger charge is 2.52. The van der Waals surface area contributed by atoms with Crippen LogP contribution in [-0.4, -0.2) is 15.0 Å². The molecule has 1 spiro atoms. The Kier molecular flexibility index (Phi) is 5.75. The summed E-state index contributed by atoms with van der Waals surface area (Å²) in [5, 5.41) is 2.64. The summed E-state index contributed by atoms with van der Waals surface area (Å²) < 4.78 is 2.68. The lowest BCUT2D eigenvalue weighted by atomic mass is 9.70. The maximum Gasteiger partial charge on any atom is 0.164 e. The topological polar surface area (TPSA) is 38.7 Å². The number of hydrogen-bond acceptors (Lipinski definition) is 4. The molecule has 232 valence electrons. The number of hydrogen-bond donors (Lipinski definition) is 0. The van der Waals surface area contributed by atoms with E-state index >= 15 is 0 Å². The van der Waals surface area contributed by atoms with Gasteiger partial charge in [0, 0.05) is 42.4 Å². The van der Waals surface area contributed by atoms with Gasteiger partial charge in [0.15, 0.2) is 17.5 Å². The Balaban J connectivity index is 1.21. The molecular formula is C46H27N3S. The maximum absolute atomic E-state index is 5.12. The molecule has 2 aromatic heterocycles. The van der Waals surface area contributed by atoms with Crippen LogP contribution in [0.3, 0.4) is 0 Å². The largest absolute Gasteiger partial charge is 0.208 e. The number of fused-ring (bicyclic) bond motifs is 14. The molecule has 11 rings (SSSR count). The van der Waals surface area contributed by atoms with Crippen molar-refractivity contribution in [1.82, 2.24) is 15.0 Å². The van der Waals surface area contributed by atoms with Crippen LogP contribution in [0.4, 0.5) is 0 Å². The molecule has 0 fully saturated rings. The zero-order valence-electron chi connectivity index (χ0n) is 26.8. The van der Waals surface area contributed by atoms with E-state index in [1.807, 2.05) is 47.7 Å². The molecule has 0 N–H and O–H groups in total. The lowest BCUT2D eigenvalue weighted by Gasteiger charge is -2.30. The standard InChI is InChI=1S/C46H27N3S/c1-3-13-28(14-4-1)43-47-44(29-15-5-2-6-16-29)49-45(48-43)30-23-24-32-31-17-7-10-20-36(31)46(39(32)27-30)37-21-11-8-19-35(37)41-38(46)26-25-34-33-18-9-12-22-40(33)50-42(34)41/h1-27H. The minimum Gasteiger partial charge on any atom is -0.208 e. The fourth-order valence-corrected chi connectivity index (χ4v) is 9.74. The molecule has 0 radical (unpaired) electrons. The van der Waals surface area contributed by atoms with Crippen molar-refractivity contribution in [2.75, 3.05) is 0 Å². The molecule has 0 bridgehead atoms. The van der Waals surface area contributed by atoms with E-state index in [1.165, 1.54) is 64.7 Å². The van der Waals surface area contributed by atoms with Crippen LogP contribution in [-0.2, 0) is 5.41 Å². The molecule has 0 aliphatic heterocycles. The van der Waals surface area contributed by atoms with E-state index in [0.717, 1.165) is 16.7 Å². The third-order valence-corrected chi connectivity index (χ3v) is 11.8. The highest BCUT2D eigenvalue weighted by molar-refractivity contribution is 7.26. The van der Waals surface area contributed by atoms with Gasteiger partial charge in [-0.25, -0.2) is 15.0 Å². The van der Waals surface area contributed by atoms with E-state index in [4.69, 9.17) is 15.0 Å². The highest BCUT2D eigenvalue weighted by Crippen LogP contribution is 2.64. The van der Waals surface area contributed by atoms with Gasteiger partial charge < -0.3 is 0 Å². The van der Waals surface area contributed by atoms with Crippen molar-refractivity contribution in [2.45, 2.75) is 5.41 Å². The average Bonchev–Trinajstić information content (AvgIpc) is 3.82. The molecular weight excluding hydrogens is 627 g/mol. The van der Waals surface area contributed by atoms with Crippen molar-refractivity contribution >= 4 is 31.5 Å². The SMILES string of the molecule is c1ccc(-c2nc(-c3ccccc3)nc(-c3ccc4c(c3)C3(c5ccccc5-4)c4ccccc4-c4c3ccc3c4sc4ccccc43)n2)cc1. The maximum atomic E-state index is 5.12. The van der Waals surface area contributed by atoms with Gasteiger partial charge in [-0.15, -0.1) is 11.3 Å². The predicted molar refractivity (Wildman–Crippen MR) is 205 cm³/mol. The van der Waals surface area contributed by atoms with E-state index in [9.17, 15) is 0 Å². The fourth-order valence-electron chi connectivity index (χ4n) is 8.48. The van der Waals surface area contributed by atoms with Gasteiger partial charge in [-0.3, -0.25) is 0 Å². The summed E-state index contributed by atoms with van der Waals surface area (Å²) in [6.07, 6.45) is 0. The zero-order chi connectivity index (χ0) is 32.8. The fraction of sp³-hybridized carbons (Fsp3) is 0.0217. The van der Waals surface area contributed by atoms with Crippen molar-refractivity contribution in [3.8, 4) is 56.4 Å². The quantitative estimate of drug-likeness (QED) is 0.190. The van der Waals surface area contributed by atoms with Gasteiger partial charge in [0.1, 0.15) is 0 Å². The van der Waals surface area contributed by atoms with Crippen LogP contribution < -0.4 is 0 Å². The first-order valence-electron chi connectivity index (χ1n) is 17.0. The van der Waals surface area contributed by atoms with Gasteiger partial charge in [0.25, 0.3) is 0 Å². The van der Waals surface area contributed by atoms with Gasteiger partial charge in [-0.05, 0) is 51.1 Å². The number of thiophene rings is 1. The van der Waals surface area contributed by atoms with Crippen molar-refractivity contribution in [2.24, 2.45) is 0 Å². The van der Waals surface area contributed by atoms with Crippen LogP contribution in [0.5, 0.6) is 0 Å². The second kappa shape index (κ2) is 10.4. The van der Waals surface area contributed by atoms with Crippen molar-refractivity contribution < 1.29 is 0 Å². The molecule has 1 unspecified atom stereocenters. The summed E-state index contributed by atoms with van der Waals surface area (Å²) in [5.41, 5.74) is 12.9. The van der Waals surface area contributed by atoms with Gasteiger partial charge in [-0.1, -0.05) is 152 Å². The molecule has 2 aliphatic carbocycles. The molecule has 1 atom stereocenters. The Hall–Kier alpha value is -6.23. The number of nitrogens with zero attached hydrogens (tertiary/aromatic N) is 3. The molecule has 0 amide bonds. The van der Waals surface area contributed by atoms with Crippen LogP contribution in [0, 0.1) is 0 Å². The molecule has 4 heteroatoms. The van der Waals surface area contributed by atoms with Crippen LogP contribution >= 0.6 is 11.3 Å². The van der Waals surface area contributed by atoms with Crippen LogP contribution in [0.1, 0.15) is 22.3 Å². The predicted octanol–water partition coefficient (Wildman–Crippen LogP) is 11.6. The molecule has 9 aromatic rings. The first-order valence-corrected chi connectivity index (χ1v) is 17.8. The van der Waals surface area contributed by atoms with Crippen molar-refractivity contribution in [1.29, 1.82) is 0 Å². The Bertz CT molecular complexity index is 2760. The molecule has 2 heterocycles. The molecule has 7 aromatic carbocycles. The number of rotatable bonds is 3. The van der Waals surface area contributed by atoms with Crippen LogP contribution in [0.2, 0.25) is 0 Å². The average molecular weight is 654 g/mol. The Morgan fingerprint density at radius 2 is 0.940 bits per heavy atom. The van der Waals surface area contributed by atoms with Gasteiger partial charge in [0.05, 0.1) is 5.41 Å². The summed E-state index contributed by atoms with van der Waals surface area (Å²) in [5.74, 6) is 1.99. The van der Waals surface area contributed by atoms with Crippen LogP contribution in [0.25, 0.3) is 76.6 Å². The van der Waals surface area contributed by atoms with Crippen molar-refractivity contribution in [3.63, 3.8) is 0 Å². The van der Waals surface area contributed by atoms with Crippen LogP contribution in [0.15, 0.2) is 164 Å². The number of benzene rings is 7. The Labute approximate surface area is 293 Å². The summed E-state index contributed by atoms with van der Waals surface area (Å²) in [6.45, 7) is 0. The van der Waals surface area contributed by atoms with E-state index in [0.29, 0.717) is 17.5 Å². The third-order valence-electron chi connectivity index (χ3n) is 10.6. The second-order valence-electron chi connectivity index (χ2n) is 13.1. The first-order chi connectivity index (χ1) is 24.8. The van der Waals surface area contributed by atoms with E-state index in [1.54, 1.807) is 0 Å². The minimum atomic E-state index is -0.476. The van der Waals surface area contributed by atoms with E-state index in [2.05, 4.69) is 127 Å². The number of aromatic nitrogens is 3. The van der Waals surface area contributed by atoms with Crippen molar-refractivity contribution in [3.05, 3.63) is 186 Å². The Morgan fingerprint density at radius 3 is 1.66 bits per heavy atom. The van der Waals surface area contributed by atoms with Gasteiger partial charge in [0.2, 0.25) is 0 Å². The molecule has 0 saturated heterocycles. The zero-order valence-corrected chi connectivity index (χ0v) is 27.7. The minimum absolute atomic E-state index is 0.476. The summed E-state index contributed by atoms with van der Waals surface area (Å²) in [6, 6.07) is 58.8. The normalized spacial score (nSPS) is 15.3. The molecule has 2 aliphatic rings. The lowest BCUT2D eigenvalue weighted by Crippen LogP contribution is -2.25. The van der Waals surface area contributed by atoms with Gasteiger partial charge in [-0.2, -0.15) is 0 Å². The van der Waals surface area contributed by atoms with Gasteiger partial charge >= 0.3 is 0 Å². The highest BCUT2D eigenvalue weighted by atomic mass is 32.1. The smallest absolute Gasteiger partial charge is 0.164 e. The summed E-state index contributed by atoms with van der Waals surface area (Å²) >= 11 is 1.91. The monoisotopic (exact) mass is 653 g/mol. The Morgan fingerprint density at radius 1 is 0.380 bits per heavy atom. The summed E-state index contributed by atoms with van der Waals surface area (Å²) in [7, 11) is 0. The lowest BCUT2D eigenvalue weighted by molar-refractivity contribution is 0.794.